The first-order valence-electron chi connectivity index (χ1n) is 6.89. The minimum Gasteiger partial charge on any atom is -0.488 e. The molecular weight excluding hydrogens is 322 g/mol. The van der Waals surface area contributed by atoms with Crippen molar-refractivity contribution in [2.75, 3.05) is 23.8 Å². The average molecular weight is 336 g/mol. The number of hydrogen-bond donors (Lipinski definition) is 0. The fourth-order valence-electron chi connectivity index (χ4n) is 2.27. The second-order valence-electron chi connectivity index (χ2n) is 4.54. The van der Waals surface area contributed by atoms with Gasteiger partial charge in [-0.1, -0.05) is 24.6 Å². The van der Waals surface area contributed by atoms with E-state index in [0.717, 1.165) is 5.75 Å². The molecule has 2 aromatic rings. The summed E-state index contributed by atoms with van der Waals surface area (Å²) in [4.78, 5) is 23.0. The zero-order valence-electron chi connectivity index (χ0n) is 12.0. The Kier molecular flexibility index (Phi) is 4.49. The van der Waals surface area contributed by atoms with Crippen LogP contribution in [0.4, 0.5) is 5.69 Å². The van der Waals surface area contributed by atoms with Gasteiger partial charge >= 0.3 is 0 Å². The maximum Gasteiger partial charge on any atom is 0.279 e. The van der Waals surface area contributed by atoms with Crippen molar-refractivity contribution in [2.45, 2.75) is 11.9 Å². The average Bonchev–Trinajstić information content (AvgIpc) is 2.55. The number of amides is 1. The molecule has 0 aliphatic carbocycles. The molecule has 5 nitrogen and oxygen atoms in total. The highest BCUT2D eigenvalue weighted by molar-refractivity contribution is 7.99. The predicted molar refractivity (Wildman–Crippen MR) is 87.1 cm³/mol. The van der Waals surface area contributed by atoms with Crippen molar-refractivity contribution in [2.24, 2.45) is 0 Å². The van der Waals surface area contributed by atoms with Crippen LogP contribution >= 0.6 is 23.4 Å². The van der Waals surface area contributed by atoms with E-state index in [0.29, 0.717) is 40.3 Å². The SMILES string of the molecule is CCSc1nccnc1C(=O)N1CCOc2c(Cl)cccc21. The minimum atomic E-state index is -0.184. The van der Waals surface area contributed by atoms with E-state index >= 15 is 0 Å². The summed E-state index contributed by atoms with van der Waals surface area (Å²) in [6.07, 6.45) is 3.13. The van der Waals surface area contributed by atoms with Gasteiger partial charge in [-0.2, -0.15) is 0 Å². The second kappa shape index (κ2) is 6.54. The fraction of sp³-hybridized carbons (Fsp3) is 0.267. The van der Waals surface area contributed by atoms with Gasteiger partial charge < -0.3 is 4.74 Å². The summed E-state index contributed by atoms with van der Waals surface area (Å²) in [5.74, 6) is 1.18. The molecule has 1 amide bonds. The molecule has 2 heterocycles. The number of ether oxygens (including phenoxy) is 1. The Morgan fingerprint density at radius 1 is 1.41 bits per heavy atom. The van der Waals surface area contributed by atoms with E-state index in [1.54, 1.807) is 23.2 Å². The molecule has 7 heteroatoms. The Balaban J connectivity index is 2.00. The third-order valence-corrected chi connectivity index (χ3v) is 4.35. The Bertz CT molecular complexity index is 711. The van der Waals surface area contributed by atoms with Crippen molar-refractivity contribution in [1.82, 2.24) is 9.97 Å². The smallest absolute Gasteiger partial charge is 0.279 e. The highest BCUT2D eigenvalue weighted by Crippen LogP contribution is 2.38. The summed E-state index contributed by atoms with van der Waals surface area (Å²) in [6.45, 7) is 2.87. The number of nitrogens with zero attached hydrogens (tertiary/aromatic N) is 3. The molecule has 1 aliphatic rings. The molecule has 0 saturated carbocycles. The van der Waals surface area contributed by atoms with Crippen LogP contribution in [-0.2, 0) is 0 Å². The number of para-hydroxylation sites is 1. The van der Waals surface area contributed by atoms with E-state index in [9.17, 15) is 4.79 Å². The number of anilines is 1. The third kappa shape index (κ3) is 2.76. The van der Waals surface area contributed by atoms with Crippen molar-refractivity contribution in [1.29, 1.82) is 0 Å². The number of thioether (sulfide) groups is 1. The van der Waals surface area contributed by atoms with Crippen LogP contribution in [0.3, 0.4) is 0 Å². The van der Waals surface area contributed by atoms with Gasteiger partial charge in [0.25, 0.3) is 5.91 Å². The van der Waals surface area contributed by atoms with E-state index in [2.05, 4.69) is 9.97 Å². The van der Waals surface area contributed by atoms with Crippen LogP contribution in [0.15, 0.2) is 35.6 Å². The van der Waals surface area contributed by atoms with E-state index in [1.807, 2.05) is 13.0 Å². The summed E-state index contributed by atoms with van der Waals surface area (Å²) in [7, 11) is 0. The molecule has 0 radical (unpaired) electrons. The summed E-state index contributed by atoms with van der Waals surface area (Å²) in [5, 5.41) is 1.14. The van der Waals surface area contributed by atoms with Gasteiger partial charge in [-0.25, -0.2) is 9.97 Å². The highest BCUT2D eigenvalue weighted by Gasteiger charge is 2.28. The molecule has 1 aliphatic heterocycles. The van der Waals surface area contributed by atoms with Crippen LogP contribution in [0.25, 0.3) is 0 Å². The minimum absolute atomic E-state index is 0.184. The van der Waals surface area contributed by atoms with Crippen molar-refractivity contribution < 1.29 is 9.53 Å². The molecule has 0 spiro atoms. The van der Waals surface area contributed by atoms with Crippen LogP contribution in [0.1, 0.15) is 17.4 Å². The summed E-state index contributed by atoms with van der Waals surface area (Å²) >= 11 is 7.64. The Hall–Kier alpha value is -1.79. The lowest BCUT2D eigenvalue weighted by molar-refractivity contribution is 0.0968. The van der Waals surface area contributed by atoms with E-state index < -0.39 is 0 Å². The van der Waals surface area contributed by atoms with E-state index in [4.69, 9.17) is 16.3 Å². The largest absolute Gasteiger partial charge is 0.488 e. The van der Waals surface area contributed by atoms with Crippen LogP contribution in [0.5, 0.6) is 5.75 Å². The van der Waals surface area contributed by atoms with Gasteiger partial charge in [-0.05, 0) is 17.9 Å². The first-order chi connectivity index (χ1) is 10.7. The Morgan fingerprint density at radius 2 is 2.23 bits per heavy atom. The maximum atomic E-state index is 12.9. The van der Waals surface area contributed by atoms with Gasteiger partial charge in [0.2, 0.25) is 0 Å². The van der Waals surface area contributed by atoms with Crippen molar-refractivity contribution in [3.63, 3.8) is 0 Å². The summed E-state index contributed by atoms with van der Waals surface area (Å²) in [6, 6.07) is 5.37. The number of hydrogen-bond acceptors (Lipinski definition) is 5. The normalized spacial score (nSPS) is 13.5. The van der Waals surface area contributed by atoms with Crippen molar-refractivity contribution >= 4 is 35.0 Å². The molecule has 114 valence electrons. The van der Waals surface area contributed by atoms with E-state index in [1.165, 1.54) is 18.0 Å². The number of rotatable bonds is 3. The molecular formula is C15H14ClN3O2S. The molecule has 1 aromatic carbocycles. The lowest BCUT2D eigenvalue weighted by atomic mass is 10.2. The molecule has 0 fully saturated rings. The lowest BCUT2D eigenvalue weighted by Crippen LogP contribution is -2.38. The Morgan fingerprint density at radius 3 is 3.05 bits per heavy atom. The van der Waals surface area contributed by atoms with Gasteiger partial charge in [0.05, 0.1) is 17.3 Å². The fourth-order valence-corrected chi connectivity index (χ4v) is 3.18. The molecule has 0 saturated heterocycles. The molecule has 22 heavy (non-hydrogen) atoms. The second-order valence-corrected chi connectivity index (χ2v) is 6.20. The lowest BCUT2D eigenvalue weighted by Gasteiger charge is -2.30. The van der Waals surface area contributed by atoms with Gasteiger partial charge in [0, 0.05) is 12.4 Å². The van der Waals surface area contributed by atoms with Gasteiger partial charge in [0.1, 0.15) is 11.6 Å². The Labute approximate surface area is 137 Å². The highest BCUT2D eigenvalue weighted by atomic mass is 35.5. The molecule has 0 unspecified atom stereocenters. The summed E-state index contributed by atoms with van der Waals surface area (Å²) in [5.41, 5.74) is 1.03. The number of benzene rings is 1. The summed E-state index contributed by atoms with van der Waals surface area (Å²) < 4.78 is 5.58. The first-order valence-corrected chi connectivity index (χ1v) is 8.25. The molecule has 0 atom stereocenters. The molecule has 1 aromatic heterocycles. The van der Waals surface area contributed by atoms with Gasteiger partial charge in [-0.15, -0.1) is 11.8 Å². The molecule has 0 N–H and O–H groups in total. The predicted octanol–water partition coefficient (Wildman–Crippen LogP) is 3.28. The quantitative estimate of drug-likeness (QED) is 0.806. The number of fused-ring (bicyclic) bond motifs is 1. The van der Waals surface area contributed by atoms with Crippen molar-refractivity contribution in [3.05, 3.63) is 41.3 Å². The number of carbonyl (C=O) groups is 1. The standard InChI is InChI=1S/C15H14ClN3O2S/c1-2-22-14-12(17-6-7-18-14)15(20)19-8-9-21-13-10(16)4-3-5-11(13)19/h3-7H,2,8-9H2,1H3. The first kappa shape index (κ1) is 15.1. The van der Waals surface area contributed by atoms with E-state index in [-0.39, 0.29) is 5.91 Å². The topological polar surface area (TPSA) is 55.3 Å². The van der Waals surface area contributed by atoms with Crippen molar-refractivity contribution in [3.8, 4) is 5.75 Å². The third-order valence-electron chi connectivity index (χ3n) is 3.19. The molecule has 0 bridgehead atoms. The maximum absolute atomic E-state index is 12.9. The molecule has 3 rings (SSSR count). The monoisotopic (exact) mass is 335 g/mol. The number of halogens is 1. The number of aromatic nitrogens is 2. The van der Waals surface area contributed by atoms with Crippen LogP contribution in [0, 0.1) is 0 Å². The zero-order valence-corrected chi connectivity index (χ0v) is 13.5. The van der Waals surface area contributed by atoms with Crippen LogP contribution < -0.4 is 9.64 Å². The van der Waals surface area contributed by atoms with Crippen LogP contribution in [-0.4, -0.2) is 34.8 Å². The zero-order chi connectivity index (χ0) is 15.5. The van der Waals surface area contributed by atoms with Gasteiger partial charge in [-0.3, -0.25) is 9.69 Å². The number of carbonyl (C=O) groups excluding carboxylic acids is 1. The van der Waals surface area contributed by atoms with Crippen LogP contribution in [0.2, 0.25) is 5.02 Å². The van der Waals surface area contributed by atoms with Gasteiger partial charge in [0.15, 0.2) is 11.4 Å².